The molecular weight excluding hydrogens is 318 g/mol. The molecule has 22 heavy (non-hydrogen) atoms. The number of halogens is 1. The Labute approximate surface area is 139 Å². The Morgan fingerprint density at radius 1 is 1.32 bits per heavy atom. The van der Waals surface area contributed by atoms with E-state index in [-0.39, 0.29) is 5.91 Å². The third kappa shape index (κ3) is 3.78. The van der Waals surface area contributed by atoms with Gasteiger partial charge < -0.3 is 10.2 Å². The van der Waals surface area contributed by atoms with Crippen molar-refractivity contribution in [3.05, 3.63) is 45.7 Å². The van der Waals surface area contributed by atoms with Gasteiger partial charge in [-0.15, -0.1) is 11.3 Å². The summed E-state index contributed by atoms with van der Waals surface area (Å²) in [5.41, 5.74) is 0. The molecular formula is C16H18ClN3OS. The Bertz CT molecular complexity index is 623. The number of aromatic nitrogens is 1. The Balaban J connectivity index is 1.45. The third-order valence-electron chi connectivity index (χ3n) is 3.94. The monoisotopic (exact) mass is 335 g/mol. The number of carbonyl (C=O) groups is 1. The van der Waals surface area contributed by atoms with Crippen molar-refractivity contribution in [2.24, 2.45) is 5.92 Å². The van der Waals surface area contributed by atoms with Gasteiger partial charge in [-0.1, -0.05) is 17.7 Å². The van der Waals surface area contributed by atoms with Gasteiger partial charge >= 0.3 is 0 Å². The van der Waals surface area contributed by atoms with Crippen molar-refractivity contribution in [3.8, 4) is 0 Å². The molecule has 1 saturated heterocycles. The smallest absolute Gasteiger partial charge is 0.261 e. The van der Waals surface area contributed by atoms with E-state index in [1.807, 2.05) is 24.4 Å². The number of hydrogen-bond donors (Lipinski definition) is 1. The van der Waals surface area contributed by atoms with Gasteiger partial charge in [0.2, 0.25) is 0 Å². The molecule has 6 heteroatoms. The van der Waals surface area contributed by atoms with E-state index >= 15 is 0 Å². The normalized spacial score (nSPS) is 15.8. The molecule has 0 unspecified atom stereocenters. The molecule has 1 N–H and O–H groups in total. The summed E-state index contributed by atoms with van der Waals surface area (Å²) in [5.74, 6) is 1.54. The second-order valence-electron chi connectivity index (χ2n) is 5.43. The van der Waals surface area contributed by atoms with Crippen molar-refractivity contribution < 1.29 is 4.79 Å². The van der Waals surface area contributed by atoms with Gasteiger partial charge in [0.1, 0.15) is 5.82 Å². The number of thiophene rings is 1. The zero-order valence-electron chi connectivity index (χ0n) is 12.2. The highest BCUT2D eigenvalue weighted by Crippen LogP contribution is 2.23. The standard InChI is InChI=1S/C16H18ClN3OS/c17-14-5-4-13(22-14)16(21)19-11-12-6-9-20(10-7-12)15-3-1-2-8-18-15/h1-5,8,12H,6-7,9-11H2,(H,19,21). The molecule has 0 radical (unpaired) electrons. The molecule has 116 valence electrons. The Morgan fingerprint density at radius 2 is 2.14 bits per heavy atom. The molecule has 0 saturated carbocycles. The van der Waals surface area contributed by atoms with E-state index in [2.05, 4.69) is 15.2 Å². The number of rotatable bonds is 4. The van der Waals surface area contributed by atoms with E-state index in [1.54, 1.807) is 12.1 Å². The molecule has 4 nitrogen and oxygen atoms in total. The lowest BCUT2D eigenvalue weighted by molar-refractivity contribution is 0.0949. The highest BCUT2D eigenvalue weighted by Gasteiger charge is 2.20. The molecule has 0 atom stereocenters. The number of nitrogens with one attached hydrogen (secondary N) is 1. The predicted molar refractivity (Wildman–Crippen MR) is 90.8 cm³/mol. The van der Waals surface area contributed by atoms with Crippen LogP contribution in [0, 0.1) is 5.92 Å². The summed E-state index contributed by atoms with van der Waals surface area (Å²) < 4.78 is 0.647. The van der Waals surface area contributed by atoms with Crippen LogP contribution in [0.15, 0.2) is 36.5 Å². The van der Waals surface area contributed by atoms with Crippen LogP contribution in [0.1, 0.15) is 22.5 Å². The minimum Gasteiger partial charge on any atom is -0.357 e. The molecule has 1 aliphatic heterocycles. The maximum atomic E-state index is 12.0. The number of hydrogen-bond acceptors (Lipinski definition) is 4. The predicted octanol–water partition coefficient (Wildman–Crippen LogP) is 3.44. The lowest BCUT2D eigenvalue weighted by Crippen LogP contribution is -2.38. The lowest BCUT2D eigenvalue weighted by Gasteiger charge is -2.32. The second-order valence-corrected chi connectivity index (χ2v) is 7.15. The number of anilines is 1. The van der Waals surface area contributed by atoms with Crippen LogP contribution in [0.4, 0.5) is 5.82 Å². The average molecular weight is 336 g/mol. The number of amides is 1. The minimum atomic E-state index is -0.0240. The number of pyridine rings is 1. The second kappa shape index (κ2) is 7.11. The van der Waals surface area contributed by atoms with Crippen LogP contribution in [0.3, 0.4) is 0 Å². The van der Waals surface area contributed by atoms with Crippen molar-refractivity contribution in [2.45, 2.75) is 12.8 Å². The van der Waals surface area contributed by atoms with Crippen LogP contribution in [-0.4, -0.2) is 30.5 Å². The Kier molecular flexibility index (Phi) is 4.95. The number of piperidine rings is 1. The van der Waals surface area contributed by atoms with Crippen LogP contribution in [-0.2, 0) is 0 Å². The number of carbonyl (C=O) groups excluding carboxylic acids is 1. The van der Waals surface area contributed by atoms with Gasteiger partial charge in [0, 0.05) is 25.8 Å². The van der Waals surface area contributed by atoms with Gasteiger partial charge in [0.05, 0.1) is 9.21 Å². The van der Waals surface area contributed by atoms with Crippen molar-refractivity contribution in [3.63, 3.8) is 0 Å². The first-order chi connectivity index (χ1) is 10.7. The third-order valence-corrected chi connectivity index (χ3v) is 5.17. The van der Waals surface area contributed by atoms with Gasteiger partial charge in [-0.05, 0) is 43.0 Å². The van der Waals surface area contributed by atoms with Gasteiger partial charge in [0.15, 0.2) is 0 Å². The van der Waals surface area contributed by atoms with Crippen LogP contribution in [0.2, 0.25) is 4.34 Å². The largest absolute Gasteiger partial charge is 0.357 e. The Hall–Kier alpha value is -1.59. The molecule has 0 bridgehead atoms. The fourth-order valence-corrected chi connectivity index (χ4v) is 3.63. The van der Waals surface area contributed by atoms with E-state index in [0.717, 1.165) is 38.3 Å². The van der Waals surface area contributed by atoms with Crippen LogP contribution < -0.4 is 10.2 Å². The molecule has 1 aliphatic rings. The van der Waals surface area contributed by atoms with Crippen molar-refractivity contribution >= 4 is 34.7 Å². The van der Waals surface area contributed by atoms with E-state index in [9.17, 15) is 4.79 Å². The molecule has 3 rings (SSSR count). The van der Waals surface area contributed by atoms with E-state index in [1.165, 1.54) is 11.3 Å². The summed E-state index contributed by atoms with van der Waals surface area (Å²) in [7, 11) is 0. The fourth-order valence-electron chi connectivity index (χ4n) is 2.67. The van der Waals surface area contributed by atoms with Gasteiger partial charge in [-0.2, -0.15) is 0 Å². The molecule has 3 heterocycles. The summed E-state index contributed by atoms with van der Waals surface area (Å²) >= 11 is 7.17. The van der Waals surface area contributed by atoms with Gasteiger partial charge in [-0.3, -0.25) is 4.79 Å². The van der Waals surface area contributed by atoms with Crippen molar-refractivity contribution in [1.29, 1.82) is 0 Å². The average Bonchev–Trinajstić information content (AvgIpc) is 3.00. The first kappa shape index (κ1) is 15.3. The van der Waals surface area contributed by atoms with Crippen LogP contribution >= 0.6 is 22.9 Å². The van der Waals surface area contributed by atoms with E-state index < -0.39 is 0 Å². The summed E-state index contributed by atoms with van der Waals surface area (Å²) in [6.07, 6.45) is 3.97. The molecule has 0 aromatic carbocycles. The first-order valence-electron chi connectivity index (χ1n) is 7.42. The van der Waals surface area contributed by atoms with Gasteiger partial charge in [0.25, 0.3) is 5.91 Å². The topological polar surface area (TPSA) is 45.2 Å². The van der Waals surface area contributed by atoms with Crippen molar-refractivity contribution in [1.82, 2.24) is 10.3 Å². The summed E-state index contributed by atoms with van der Waals surface area (Å²) in [5, 5.41) is 3.02. The summed E-state index contributed by atoms with van der Waals surface area (Å²) in [6.45, 7) is 2.70. The molecule has 0 aliphatic carbocycles. The quantitative estimate of drug-likeness (QED) is 0.930. The first-order valence-corrected chi connectivity index (χ1v) is 8.61. The molecule has 2 aromatic rings. The minimum absolute atomic E-state index is 0.0240. The van der Waals surface area contributed by atoms with E-state index in [4.69, 9.17) is 11.6 Å². The zero-order valence-corrected chi connectivity index (χ0v) is 13.7. The van der Waals surface area contributed by atoms with E-state index in [0.29, 0.717) is 15.1 Å². The van der Waals surface area contributed by atoms with Crippen molar-refractivity contribution in [2.75, 3.05) is 24.5 Å². The maximum absolute atomic E-state index is 12.0. The Morgan fingerprint density at radius 3 is 2.77 bits per heavy atom. The molecule has 2 aromatic heterocycles. The highest BCUT2D eigenvalue weighted by molar-refractivity contribution is 7.17. The maximum Gasteiger partial charge on any atom is 0.261 e. The van der Waals surface area contributed by atoms with Gasteiger partial charge in [-0.25, -0.2) is 4.98 Å². The lowest BCUT2D eigenvalue weighted by atomic mass is 9.97. The summed E-state index contributed by atoms with van der Waals surface area (Å²) in [6, 6.07) is 9.52. The molecule has 1 amide bonds. The van der Waals surface area contributed by atoms with Crippen LogP contribution in [0.5, 0.6) is 0 Å². The SMILES string of the molecule is O=C(NCC1CCN(c2ccccn2)CC1)c1ccc(Cl)s1. The number of nitrogens with zero attached hydrogens (tertiary/aromatic N) is 2. The van der Waals surface area contributed by atoms with Crippen LogP contribution in [0.25, 0.3) is 0 Å². The molecule has 0 spiro atoms. The zero-order chi connectivity index (χ0) is 15.4. The summed E-state index contributed by atoms with van der Waals surface area (Å²) in [4.78, 5) is 19.4. The highest BCUT2D eigenvalue weighted by atomic mass is 35.5. The fraction of sp³-hybridized carbons (Fsp3) is 0.375. The molecule has 1 fully saturated rings.